The molecule has 0 N–H and O–H groups in total. The van der Waals surface area contributed by atoms with Gasteiger partial charge >= 0.3 is 0 Å². The summed E-state index contributed by atoms with van der Waals surface area (Å²) in [6.07, 6.45) is 6.43. The van der Waals surface area contributed by atoms with E-state index in [0.29, 0.717) is 5.92 Å². The van der Waals surface area contributed by atoms with Crippen LogP contribution in [0.5, 0.6) is 0 Å². The van der Waals surface area contributed by atoms with Crippen molar-refractivity contribution in [3.63, 3.8) is 0 Å². The monoisotopic (exact) mass is 334 g/mol. The molecule has 1 saturated carbocycles. The second kappa shape index (κ2) is 6.45. The molecular weight excluding hydrogens is 319 g/mol. The Labute approximate surface area is 122 Å². The van der Waals surface area contributed by atoms with Gasteiger partial charge in [-0.1, -0.05) is 59.3 Å². The van der Waals surface area contributed by atoms with Gasteiger partial charge in [0.1, 0.15) is 0 Å². The molecule has 0 bridgehead atoms. The predicted octanol–water partition coefficient (Wildman–Crippen LogP) is 5.69. The Hall–Kier alpha value is 0.280. The number of benzene rings is 1. The van der Waals surface area contributed by atoms with E-state index in [-0.39, 0.29) is 0 Å². The van der Waals surface area contributed by atoms with Gasteiger partial charge in [-0.25, -0.2) is 0 Å². The van der Waals surface area contributed by atoms with Crippen molar-refractivity contribution in [1.82, 2.24) is 0 Å². The van der Waals surface area contributed by atoms with Gasteiger partial charge in [0, 0.05) is 15.4 Å². The topological polar surface area (TPSA) is 0 Å². The standard InChI is InChI=1S/C14H17BrCl2/c15-13-6-5-11(14(17)8-13)7-12(9-16)10-3-1-2-4-10/h5-6,8,10,12H,1-4,7,9H2. The average Bonchev–Trinajstić information content (AvgIpc) is 2.81. The van der Waals surface area contributed by atoms with E-state index in [9.17, 15) is 0 Å². The smallest absolute Gasteiger partial charge is 0.0449 e. The predicted molar refractivity (Wildman–Crippen MR) is 79.0 cm³/mol. The highest BCUT2D eigenvalue weighted by atomic mass is 79.9. The third-order valence-corrected chi connectivity index (χ3v) is 5.00. The van der Waals surface area contributed by atoms with Crippen LogP contribution in [0.3, 0.4) is 0 Å². The highest BCUT2D eigenvalue weighted by molar-refractivity contribution is 9.10. The Morgan fingerprint density at radius 1 is 1.29 bits per heavy atom. The lowest BCUT2D eigenvalue weighted by Crippen LogP contribution is -2.16. The molecule has 0 spiro atoms. The maximum Gasteiger partial charge on any atom is 0.0449 e. The van der Waals surface area contributed by atoms with Crippen LogP contribution in [0, 0.1) is 11.8 Å². The van der Waals surface area contributed by atoms with E-state index in [1.165, 1.54) is 31.2 Å². The van der Waals surface area contributed by atoms with Gasteiger partial charge in [0.05, 0.1) is 0 Å². The van der Waals surface area contributed by atoms with E-state index in [2.05, 4.69) is 28.1 Å². The summed E-state index contributed by atoms with van der Waals surface area (Å²) in [5.74, 6) is 2.13. The fourth-order valence-electron chi connectivity index (χ4n) is 2.75. The molecule has 0 heterocycles. The number of rotatable bonds is 4. The first-order valence-electron chi connectivity index (χ1n) is 6.20. The van der Waals surface area contributed by atoms with Crippen LogP contribution < -0.4 is 0 Å². The van der Waals surface area contributed by atoms with Crippen LogP contribution in [0.15, 0.2) is 22.7 Å². The van der Waals surface area contributed by atoms with Crippen LogP contribution >= 0.6 is 39.1 Å². The van der Waals surface area contributed by atoms with Gasteiger partial charge < -0.3 is 0 Å². The zero-order valence-corrected chi connectivity index (χ0v) is 12.9. The van der Waals surface area contributed by atoms with Gasteiger partial charge in [0.2, 0.25) is 0 Å². The van der Waals surface area contributed by atoms with Gasteiger partial charge in [0.15, 0.2) is 0 Å². The highest BCUT2D eigenvalue weighted by Gasteiger charge is 2.25. The molecule has 0 aromatic heterocycles. The lowest BCUT2D eigenvalue weighted by atomic mass is 9.87. The largest absolute Gasteiger partial charge is 0.126 e. The molecule has 1 atom stereocenters. The Kier molecular flexibility index (Phi) is 5.20. The molecule has 1 aliphatic rings. The van der Waals surface area contributed by atoms with E-state index < -0.39 is 0 Å². The fourth-order valence-corrected chi connectivity index (χ4v) is 3.86. The highest BCUT2D eigenvalue weighted by Crippen LogP contribution is 2.35. The maximum atomic E-state index is 6.26. The van der Waals surface area contributed by atoms with Crippen LogP contribution in [0.4, 0.5) is 0 Å². The van der Waals surface area contributed by atoms with Crippen molar-refractivity contribution in [2.45, 2.75) is 32.1 Å². The van der Waals surface area contributed by atoms with E-state index >= 15 is 0 Å². The summed E-state index contributed by atoms with van der Waals surface area (Å²) < 4.78 is 1.04. The molecule has 3 heteroatoms. The summed E-state index contributed by atoms with van der Waals surface area (Å²) in [6, 6.07) is 6.14. The van der Waals surface area contributed by atoms with E-state index in [1.54, 1.807) is 0 Å². The van der Waals surface area contributed by atoms with E-state index in [4.69, 9.17) is 23.2 Å². The molecule has 2 rings (SSSR count). The summed E-state index contributed by atoms with van der Waals surface area (Å²) in [7, 11) is 0. The number of halogens is 3. The van der Waals surface area contributed by atoms with Gasteiger partial charge in [0.25, 0.3) is 0 Å². The summed E-state index contributed by atoms with van der Waals surface area (Å²) in [6.45, 7) is 0. The van der Waals surface area contributed by atoms with Crippen molar-refractivity contribution in [3.05, 3.63) is 33.3 Å². The fraction of sp³-hybridized carbons (Fsp3) is 0.571. The molecule has 0 saturated heterocycles. The molecule has 1 aromatic carbocycles. The van der Waals surface area contributed by atoms with Gasteiger partial charge in [-0.05, 0) is 36.0 Å². The molecule has 94 valence electrons. The zero-order valence-electron chi connectivity index (χ0n) is 9.76. The van der Waals surface area contributed by atoms with Gasteiger partial charge in [-0.2, -0.15) is 0 Å². The lowest BCUT2D eigenvalue weighted by molar-refractivity contribution is 0.369. The minimum absolute atomic E-state index is 0.581. The third kappa shape index (κ3) is 3.62. The molecule has 1 aliphatic carbocycles. The van der Waals surface area contributed by atoms with Crippen molar-refractivity contribution in [2.24, 2.45) is 11.8 Å². The summed E-state index contributed by atoms with van der Waals surface area (Å²) in [5, 5.41) is 0.854. The first-order chi connectivity index (χ1) is 8.20. The van der Waals surface area contributed by atoms with Crippen molar-refractivity contribution >= 4 is 39.1 Å². The quantitative estimate of drug-likeness (QED) is 0.620. The number of hydrogen-bond donors (Lipinski definition) is 0. The Balaban J connectivity index is 2.06. The minimum atomic E-state index is 0.581. The molecule has 17 heavy (non-hydrogen) atoms. The molecule has 1 fully saturated rings. The van der Waals surface area contributed by atoms with Crippen LogP contribution in [-0.4, -0.2) is 5.88 Å². The molecule has 0 radical (unpaired) electrons. The lowest BCUT2D eigenvalue weighted by Gasteiger charge is -2.21. The normalized spacial score (nSPS) is 18.5. The van der Waals surface area contributed by atoms with Crippen molar-refractivity contribution < 1.29 is 0 Å². The molecule has 0 aliphatic heterocycles. The summed E-state index contributed by atoms with van der Waals surface area (Å²) in [5.41, 5.74) is 1.23. The minimum Gasteiger partial charge on any atom is -0.126 e. The average molecular weight is 336 g/mol. The zero-order chi connectivity index (χ0) is 12.3. The van der Waals surface area contributed by atoms with Gasteiger partial charge in [-0.3, -0.25) is 0 Å². The number of alkyl halides is 1. The van der Waals surface area contributed by atoms with Crippen molar-refractivity contribution in [3.8, 4) is 0 Å². The first kappa shape index (κ1) is 13.7. The third-order valence-electron chi connectivity index (χ3n) is 3.76. The van der Waals surface area contributed by atoms with E-state index in [1.807, 2.05) is 6.07 Å². The Morgan fingerprint density at radius 3 is 2.59 bits per heavy atom. The van der Waals surface area contributed by atoms with Crippen LogP contribution in [0.1, 0.15) is 31.2 Å². The molecule has 1 aromatic rings. The van der Waals surface area contributed by atoms with Crippen molar-refractivity contribution in [1.29, 1.82) is 0 Å². The molecule has 0 amide bonds. The maximum absolute atomic E-state index is 6.26. The van der Waals surface area contributed by atoms with Crippen LogP contribution in [0.25, 0.3) is 0 Å². The van der Waals surface area contributed by atoms with Crippen molar-refractivity contribution in [2.75, 3.05) is 5.88 Å². The van der Waals surface area contributed by atoms with Crippen LogP contribution in [0.2, 0.25) is 5.02 Å². The Morgan fingerprint density at radius 2 is 2.00 bits per heavy atom. The molecule has 1 unspecified atom stereocenters. The summed E-state index contributed by atoms with van der Waals surface area (Å²) >= 11 is 15.8. The number of hydrogen-bond acceptors (Lipinski definition) is 0. The Bertz CT molecular complexity index is 372. The SMILES string of the molecule is ClCC(Cc1ccc(Br)cc1Cl)C1CCCC1. The first-order valence-corrected chi connectivity index (χ1v) is 7.91. The van der Waals surface area contributed by atoms with E-state index in [0.717, 1.165) is 27.7 Å². The summed E-state index contributed by atoms with van der Waals surface area (Å²) in [4.78, 5) is 0. The second-order valence-corrected chi connectivity index (χ2v) is 6.53. The molecular formula is C14H17BrCl2. The molecule has 0 nitrogen and oxygen atoms in total. The second-order valence-electron chi connectivity index (χ2n) is 4.90. The van der Waals surface area contributed by atoms with Crippen LogP contribution in [-0.2, 0) is 6.42 Å². The van der Waals surface area contributed by atoms with Gasteiger partial charge in [-0.15, -0.1) is 11.6 Å².